The summed E-state index contributed by atoms with van der Waals surface area (Å²) in [6.07, 6.45) is 2.35. The van der Waals surface area contributed by atoms with Crippen LogP contribution < -0.4 is 0 Å². The van der Waals surface area contributed by atoms with Crippen molar-refractivity contribution >= 4 is 28.7 Å². The topological polar surface area (TPSA) is 95.9 Å². The molecule has 26 heavy (non-hydrogen) atoms. The number of nitrogens with zero attached hydrogens (tertiary/aromatic N) is 8. The number of thiophene rings is 1. The molecule has 0 radical (unpaired) electrons. The van der Waals surface area contributed by atoms with E-state index in [4.69, 9.17) is 4.74 Å². The number of fused-ring (bicyclic) bond motifs is 1. The minimum atomic E-state index is 0.194. The van der Waals surface area contributed by atoms with Gasteiger partial charge in [0.15, 0.2) is 16.6 Å². The van der Waals surface area contributed by atoms with Gasteiger partial charge in [0.05, 0.1) is 17.5 Å². The van der Waals surface area contributed by atoms with Crippen molar-refractivity contribution in [2.75, 3.05) is 6.61 Å². The fraction of sp³-hybridized carbons (Fsp3) is 0.333. The number of rotatable bonds is 5. The maximum atomic E-state index is 5.82. The SMILES string of the molecule is c1csc(-c2nnc(Sc3ccc4nnnn4n3)n2C[C@H]2CCCO2)c1. The third kappa shape index (κ3) is 2.97. The molecule has 1 atom stereocenters. The van der Waals surface area contributed by atoms with Crippen LogP contribution in [0.15, 0.2) is 39.8 Å². The Labute approximate surface area is 156 Å². The second-order valence-electron chi connectivity index (χ2n) is 5.83. The molecular weight excluding hydrogens is 372 g/mol. The Morgan fingerprint density at radius 2 is 2.23 bits per heavy atom. The molecule has 11 heteroatoms. The predicted molar refractivity (Wildman–Crippen MR) is 95.0 cm³/mol. The average Bonchev–Trinajstić information content (AvgIpc) is 3.44. The molecule has 1 aliphatic rings. The molecule has 1 aliphatic heterocycles. The smallest absolute Gasteiger partial charge is 0.200 e. The monoisotopic (exact) mass is 386 g/mol. The van der Waals surface area contributed by atoms with Crippen molar-refractivity contribution in [1.82, 2.24) is 40.0 Å². The lowest BCUT2D eigenvalue weighted by molar-refractivity contribution is 0.0953. The number of tetrazole rings is 1. The first kappa shape index (κ1) is 15.9. The third-order valence-electron chi connectivity index (χ3n) is 4.11. The molecule has 0 unspecified atom stereocenters. The van der Waals surface area contributed by atoms with Crippen molar-refractivity contribution in [3.8, 4) is 10.7 Å². The predicted octanol–water partition coefficient (Wildman–Crippen LogP) is 2.17. The highest BCUT2D eigenvalue weighted by Crippen LogP contribution is 2.31. The fourth-order valence-electron chi connectivity index (χ4n) is 2.89. The summed E-state index contributed by atoms with van der Waals surface area (Å²) in [6, 6.07) is 7.79. The van der Waals surface area contributed by atoms with E-state index in [1.807, 2.05) is 23.6 Å². The first-order chi connectivity index (χ1) is 12.9. The van der Waals surface area contributed by atoms with E-state index in [0.29, 0.717) is 5.65 Å². The molecule has 0 aromatic carbocycles. The van der Waals surface area contributed by atoms with Gasteiger partial charge in [-0.2, -0.15) is 0 Å². The van der Waals surface area contributed by atoms with Crippen LogP contribution >= 0.6 is 23.1 Å². The Morgan fingerprint density at radius 1 is 1.23 bits per heavy atom. The summed E-state index contributed by atoms with van der Waals surface area (Å²) >= 11 is 3.10. The zero-order valence-electron chi connectivity index (χ0n) is 13.6. The molecule has 4 aromatic heterocycles. The van der Waals surface area contributed by atoms with Crippen LogP contribution in [0, 0.1) is 0 Å². The van der Waals surface area contributed by atoms with Gasteiger partial charge in [0, 0.05) is 6.61 Å². The highest BCUT2D eigenvalue weighted by atomic mass is 32.2. The molecule has 1 saturated heterocycles. The number of aromatic nitrogens is 8. The molecule has 0 spiro atoms. The second-order valence-corrected chi connectivity index (χ2v) is 7.76. The second kappa shape index (κ2) is 6.74. The van der Waals surface area contributed by atoms with Crippen LogP contribution in [0.5, 0.6) is 0 Å². The van der Waals surface area contributed by atoms with Gasteiger partial charge in [0.1, 0.15) is 5.03 Å². The Bertz CT molecular complexity index is 1020. The highest BCUT2D eigenvalue weighted by Gasteiger charge is 2.22. The molecule has 0 aliphatic carbocycles. The van der Waals surface area contributed by atoms with E-state index in [2.05, 4.69) is 41.5 Å². The van der Waals surface area contributed by atoms with Gasteiger partial charge in [-0.15, -0.1) is 36.4 Å². The Hall–Kier alpha value is -2.37. The number of hydrogen-bond donors (Lipinski definition) is 0. The molecule has 0 N–H and O–H groups in total. The first-order valence-corrected chi connectivity index (χ1v) is 9.88. The van der Waals surface area contributed by atoms with Crippen LogP contribution in [0.4, 0.5) is 0 Å². The zero-order valence-corrected chi connectivity index (χ0v) is 15.2. The van der Waals surface area contributed by atoms with Crippen LogP contribution in [0.1, 0.15) is 12.8 Å². The summed E-state index contributed by atoms with van der Waals surface area (Å²) < 4.78 is 9.35. The number of ether oxygens (including phenoxy) is 1. The van der Waals surface area contributed by atoms with Crippen molar-refractivity contribution in [3.05, 3.63) is 29.6 Å². The zero-order chi connectivity index (χ0) is 17.3. The van der Waals surface area contributed by atoms with Crippen molar-refractivity contribution in [2.45, 2.75) is 35.7 Å². The molecule has 0 amide bonds. The summed E-state index contributed by atoms with van der Waals surface area (Å²) in [6.45, 7) is 1.55. The van der Waals surface area contributed by atoms with Crippen LogP contribution in [-0.4, -0.2) is 52.7 Å². The molecule has 9 nitrogen and oxygen atoms in total. The van der Waals surface area contributed by atoms with Gasteiger partial charge in [-0.05, 0) is 58.6 Å². The van der Waals surface area contributed by atoms with E-state index >= 15 is 0 Å². The maximum absolute atomic E-state index is 5.82. The van der Waals surface area contributed by atoms with Crippen LogP contribution in [-0.2, 0) is 11.3 Å². The lowest BCUT2D eigenvalue weighted by Crippen LogP contribution is -2.16. The van der Waals surface area contributed by atoms with E-state index in [-0.39, 0.29) is 6.10 Å². The van der Waals surface area contributed by atoms with Crippen LogP contribution in [0.3, 0.4) is 0 Å². The van der Waals surface area contributed by atoms with Gasteiger partial charge in [-0.1, -0.05) is 6.07 Å². The normalized spacial score (nSPS) is 17.3. The minimum Gasteiger partial charge on any atom is -0.376 e. The summed E-state index contributed by atoms with van der Waals surface area (Å²) in [5.41, 5.74) is 0.606. The quantitative estimate of drug-likeness (QED) is 0.515. The first-order valence-electron chi connectivity index (χ1n) is 8.19. The maximum Gasteiger partial charge on any atom is 0.200 e. The Kier molecular flexibility index (Phi) is 4.11. The van der Waals surface area contributed by atoms with Gasteiger partial charge >= 0.3 is 0 Å². The Balaban J connectivity index is 1.50. The van der Waals surface area contributed by atoms with Crippen LogP contribution in [0.2, 0.25) is 0 Å². The lowest BCUT2D eigenvalue weighted by Gasteiger charge is -2.13. The standard InChI is InChI=1S/C15H14N8OS2/c1-3-10(24-7-1)9-22-14(11-4-2-8-25-11)17-18-15(22)26-13-6-5-12-16-20-21-23(12)19-13/h2,4-6,8,10H,1,3,7,9H2/t10-/m1/s1. The van der Waals surface area contributed by atoms with Crippen LogP contribution in [0.25, 0.3) is 16.3 Å². The van der Waals surface area contributed by atoms with Gasteiger partial charge in [-0.25, -0.2) is 0 Å². The summed E-state index contributed by atoms with van der Waals surface area (Å²) in [5.74, 6) is 0.863. The molecule has 1 fully saturated rings. The minimum absolute atomic E-state index is 0.194. The average molecular weight is 386 g/mol. The van der Waals surface area contributed by atoms with Crippen molar-refractivity contribution in [3.63, 3.8) is 0 Å². The summed E-state index contributed by atoms with van der Waals surface area (Å²) in [5, 5.41) is 28.1. The van der Waals surface area contributed by atoms with Gasteiger partial charge in [0.25, 0.3) is 0 Å². The van der Waals surface area contributed by atoms with Crippen molar-refractivity contribution < 1.29 is 4.74 Å². The van der Waals surface area contributed by atoms with E-state index in [0.717, 1.165) is 46.9 Å². The lowest BCUT2D eigenvalue weighted by atomic mass is 10.2. The number of hydrogen-bond acceptors (Lipinski definition) is 9. The van der Waals surface area contributed by atoms with Gasteiger partial charge in [0.2, 0.25) is 0 Å². The molecule has 5 heterocycles. The van der Waals surface area contributed by atoms with Crippen molar-refractivity contribution in [2.24, 2.45) is 0 Å². The van der Waals surface area contributed by atoms with Crippen molar-refractivity contribution in [1.29, 1.82) is 0 Å². The third-order valence-corrected chi connectivity index (χ3v) is 5.89. The van der Waals surface area contributed by atoms with E-state index < -0.39 is 0 Å². The largest absolute Gasteiger partial charge is 0.376 e. The van der Waals surface area contributed by atoms with Gasteiger partial charge in [-0.3, -0.25) is 4.57 Å². The Morgan fingerprint density at radius 3 is 3.08 bits per heavy atom. The molecular formula is C15H14N8OS2. The fourth-order valence-corrected chi connectivity index (χ4v) is 4.40. The van der Waals surface area contributed by atoms with E-state index in [9.17, 15) is 0 Å². The van der Waals surface area contributed by atoms with Gasteiger partial charge < -0.3 is 4.74 Å². The summed E-state index contributed by atoms with van der Waals surface area (Å²) in [4.78, 5) is 1.09. The molecule has 5 rings (SSSR count). The molecule has 132 valence electrons. The van der Waals surface area contributed by atoms with E-state index in [1.165, 1.54) is 16.4 Å². The summed E-state index contributed by atoms with van der Waals surface area (Å²) in [7, 11) is 0. The molecule has 0 saturated carbocycles. The molecule has 0 bridgehead atoms. The highest BCUT2D eigenvalue weighted by molar-refractivity contribution is 7.99. The van der Waals surface area contributed by atoms with E-state index in [1.54, 1.807) is 11.3 Å². The molecule has 4 aromatic rings.